The second-order valence-corrected chi connectivity index (χ2v) is 3.76. The van der Waals surface area contributed by atoms with E-state index >= 15 is 0 Å². The van der Waals surface area contributed by atoms with E-state index in [2.05, 4.69) is 4.98 Å². The first-order valence-corrected chi connectivity index (χ1v) is 5.03. The Morgan fingerprint density at radius 2 is 2.06 bits per heavy atom. The van der Waals surface area contributed by atoms with Gasteiger partial charge in [-0.3, -0.25) is 4.98 Å². The van der Waals surface area contributed by atoms with Gasteiger partial charge in [-0.1, -0.05) is 0 Å². The number of aryl methyl sites for hydroxylation is 1. The smallest absolute Gasteiger partial charge is 0.131 e. The predicted molar refractivity (Wildman–Crippen MR) is 63.5 cm³/mol. The third-order valence-corrected chi connectivity index (χ3v) is 2.53. The topological polar surface area (TPSA) is 62.7 Å². The summed E-state index contributed by atoms with van der Waals surface area (Å²) in [5.74, 6) is -0.367. The van der Waals surface area contributed by atoms with Crippen LogP contribution in [0.5, 0.6) is 0 Å². The van der Waals surface area contributed by atoms with Gasteiger partial charge in [-0.15, -0.1) is 0 Å². The van der Waals surface area contributed by atoms with E-state index in [0.29, 0.717) is 27.9 Å². The summed E-state index contributed by atoms with van der Waals surface area (Å²) in [4.78, 5) is 3.90. The van der Waals surface area contributed by atoms with Crippen molar-refractivity contribution in [3.8, 4) is 17.2 Å². The number of anilines is 1. The van der Waals surface area contributed by atoms with Crippen LogP contribution in [0.2, 0.25) is 0 Å². The van der Waals surface area contributed by atoms with Crippen LogP contribution in [0, 0.1) is 24.1 Å². The van der Waals surface area contributed by atoms with Gasteiger partial charge in [0.2, 0.25) is 0 Å². The fraction of sp³-hybridized carbons (Fsp3) is 0.0769. The third kappa shape index (κ3) is 2.08. The minimum atomic E-state index is -0.367. The van der Waals surface area contributed by atoms with E-state index in [-0.39, 0.29) is 5.82 Å². The molecule has 0 aliphatic carbocycles. The molecular weight excluding hydrogens is 217 g/mol. The first-order valence-electron chi connectivity index (χ1n) is 5.03. The van der Waals surface area contributed by atoms with Crippen molar-refractivity contribution in [2.24, 2.45) is 0 Å². The lowest BCUT2D eigenvalue weighted by Gasteiger charge is -2.07. The molecule has 0 radical (unpaired) electrons. The van der Waals surface area contributed by atoms with E-state index in [4.69, 9.17) is 11.0 Å². The van der Waals surface area contributed by atoms with Gasteiger partial charge < -0.3 is 5.73 Å². The van der Waals surface area contributed by atoms with E-state index < -0.39 is 0 Å². The van der Waals surface area contributed by atoms with Gasteiger partial charge in [-0.25, -0.2) is 4.39 Å². The van der Waals surface area contributed by atoms with Crippen molar-refractivity contribution in [1.29, 1.82) is 5.26 Å². The average molecular weight is 227 g/mol. The van der Waals surface area contributed by atoms with Crippen molar-refractivity contribution in [2.75, 3.05) is 5.73 Å². The fourth-order valence-corrected chi connectivity index (χ4v) is 1.56. The molecular formula is C13H10FN3. The molecule has 4 heteroatoms. The van der Waals surface area contributed by atoms with Gasteiger partial charge in [0.1, 0.15) is 11.9 Å². The number of hydrogen-bond acceptors (Lipinski definition) is 3. The standard InChI is InChI=1S/C13H10FN3/c1-8-2-12(14)11(4-13(8)16)10-3-9(5-15)6-17-7-10/h2-4,6-7H,16H2,1H3. The zero-order chi connectivity index (χ0) is 12.4. The molecule has 1 aromatic carbocycles. The summed E-state index contributed by atoms with van der Waals surface area (Å²) in [5.41, 5.74) is 8.25. The summed E-state index contributed by atoms with van der Waals surface area (Å²) >= 11 is 0. The van der Waals surface area contributed by atoms with Crippen LogP contribution in [0.15, 0.2) is 30.6 Å². The Balaban J connectivity index is 2.61. The maximum Gasteiger partial charge on any atom is 0.131 e. The van der Waals surface area contributed by atoms with E-state index in [1.807, 2.05) is 6.07 Å². The zero-order valence-corrected chi connectivity index (χ0v) is 9.24. The van der Waals surface area contributed by atoms with Crippen LogP contribution in [0.1, 0.15) is 11.1 Å². The van der Waals surface area contributed by atoms with Gasteiger partial charge >= 0.3 is 0 Å². The maximum atomic E-state index is 13.8. The summed E-state index contributed by atoms with van der Waals surface area (Å²) in [5, 5.41) is 8.77. The molecule has 3 nitrogen and oxygen atoms in total. The average Bonchev–Trinajstić information content (AvgIpc) is 2.34. The summed E-state index contributed by atoms with van der Waals surface area (Å²) < 4.78 is 13.8. The van der Waals surface area contributed by atoms with Crippen LogP contribution in [0.4, 0.5) is 10.1 Å². The van der Waals surface area contributed by atoms with Crippen LogP contribution in [-0.4, -0.2) is 4.98 Å². The van der Waals surface area contributed by atoms with Gasteiger partial charge in [0.05, 0.1) is 5.56 Å². The van der Waals surface area contributed by atoms with E-state index in [0.717, 1.165) is 0 Å². The summed E-state index contributed by atoms with van der Waals surface area (Å²) in [6.07, 6.45) is 2.94. The summed E-state index contributed by atoms with van der Waals surface area (Å²) in [6.45, 7) is 1.74. The fourth-order valence-electron chi connectivity index (χ4n) is 1.56. The summed E-state index contributed by atoms with van der Waals surface area (Å²) in [6, 6.07) is 6.49. The first kappa shape index (κ1) is 11.1. The molecule has 17 heavy (non-hydrogen) atoms. The van der Waals surface area contributed by atoms with Gasteiger partial charge in [-0.2, -0.15) is 5.26 Å². The molecule has 0 spiro atoms. The van der Waals surface area contributed by atoms with Gasteiger partial charge in [0.15, 0.2) is 0 Å². The van der Waals surface area contributed by atoms with Crippen molar-refractivity contribution in [3.05, 3.63) is 47.5 Å². The van der Waals surface area contributed by atoms with Crippen LogP contribution in [0.3, 0.4) is 0 Å². The van der Waals surface area contributed by atoms with E-state index in [1.165, 1.54) is 18.5 Å². The Kier molecular flexibility index (Phi) is 2.75. The number of nitriles is 1. The molecule has 0 saturated heterocycles. The molecule has 0 aliphatic rings. The minimum absolute atomic E-state index is 0.359. The lowest BCUT2D eigenvalue weighted by molar-refractivity contribution is 0.630. The molecule has 84 valence electrons. The van der Waals surface area contributed by atoms with E-state index in [9.17, 15) is 4.39 Å². The van der Waals surface area contributed by atoms with Crippen LogP contribution in [0.25, 0.3) is 11.1 Å². The number of halogens is 1. The van der Waals surface area contributed by atoms with Crippen molar-refractivity contribution < 1.29 is 4.39 Å². The monoisotopic (exact) mass is 227 g/mol. The number of pyridine rings is 1. The molecule has 0 amide bonds. The highest BCUT2D eigenvalue weighted by atomic mass is 19.1. The predicted octanol–water partition coefficient (Wildman–Crippen LogP) is 2.65. The number of hydrogen-bond donors (Lipinski definition) is 1. The van der Waals surface area contributed by atoms with Crippen molar-refractivity contribution in [3.63, 3.8) is 0 Å². The molecule has 2 aromatic rings. The Morgan fingerprint density at radius 3 is 2.76 bits per heavy atom. The number of rotatable bonds is 1. The van der Waals surface area contributed by atoms with Crippen molar-refractivity contribution >= 4 is 5.69 Å². The molecule has 0 fully saturated rings. The van der Waals surface area contributed by atoms with Crippen LogP contribution in [-0.2, 0) is 0 Å². The SMILES string of the molecule is Cc1cc(F)c(-c2cncc(C#N)c2)cc1N. The lowest BCUT2D eigenvalue weighted by atomic mass is 10.0. The first-order chi connectivity index (χ1) is 8.11. The Morgan fingerprint density at radius 1 is 1.29 bits per heavy atom. The molecule has 2 N–H and O–H groups in total. The molecule has 0 bridgehead atoms. The number of nitrogens with zero attached hydrogens (tertiary/aromatic N) is 2. The second-order valence-electron chi connectivity index (χ2n) is 3.76. The Labute approximate surface area is 98.3 Å². The van der Waals surface area contributed by atoms with Crippen molar-refractivity contribution in [1.82, 2.24) is 4.98 Å². The quantitative estimate of drug-likeness (QED) is 0.762. The summed E-state index contributed by atoms with van der Waals surface area (Å²) in [7, 11) is 0. The van der Waals surface area contributed by atoms with Crippen LogP contribution < -0.4 is 5.73 Å². The van der Waals surface area contributed by atoms with Gasteiger partial charge in [-0.05, 0) is 30.7 Å². The highest BCUT2D eigenvalue weighted by Crippen LogP contribution is 2.27. The number of benzene rings is 1. The molecule has 0 aliphatic heterocycles. The number of nitrogen functional groups attached to an aromatic ring is 1. The maximum absolute atomic E-state index is 13.8. The number of nitrogens with two attached hydrogens (primary N) is 1. The second kappa shape index (κ2) is 4.22. The highest BCUT2D eigenvalue weighted by molar-refractivity contribution is 5.69. The minimum Gasteiger partial charge on any atom is -0.398 e. The molecule has 0 atom stereocenters. The Bertz CT molecular complexity index is 615. The van der Waals surface area contributed by atoms with Crippen LogP contribution >= 0.6 is 0 Å². The molecule has 0 saturated carbocycles. The molecule has 0 unspecified atom stereocenters. The highest BCUT2D eigenvalue weighted by Gasteiger charge is 2.08. The normalized spacial score (nSPS) is 9.94. The molecule has 1 heterocycles. The molecule has 2 rings (SSSR count). The Hall–Kier alpha value is -2.41. The molecule has 1 aromatic heterocycles. The zero-order valence-electron chi connectivity index (χ0n) is 9.24. The van der Waals surface area contributed by atoms with Gasteiger partial charge in [0.25, 0.3) is 0 Å². The van der Waals surface area contributed by atoms with E-state index in [1.54, 1.807) is 19.1 Å². The van der Waals surface area contributed by atoms with Gasteiger partial charge in [0, 0.05) is 29.2 Å². The lowest BCUT2D eigenvalue weighted by Crippen LogP contribution is -1.94. The van der Waals surface area contributed by atoms with Crippen molar-refractivity contribution in [2.45, 2.75) is 6.92 Å². The number of aromatic nitrogens is 1. The largest absolute Gasteiger partial charge is 0.398 e. The third-order valence-electron chi connectivity index (χ3n) is 2.53.